The zero-order valence-corrected chi connectivity index (χ0v) is 24.8. The molecule has 0 aromatic rings. The first-order valence-corrected chi connectivity index (χ1v) is 13.5. The number of hydrogen-bond acceptors (Lipinski definition) is 13. The lowest BCUT2D eigenvalue weighted by molar-refractivity contribution is -0.168. The Morgan fingerprint density at radius 1 is 0.725 bits per heavy atom. The van der Waals surface area contributed by atoms with Crippen LogP contribution in [0.4, 0.5) is 4.79 Å². The molecule has 40 heavy (non-hydrogen) atoms. The third-order valence-corrected chi connectivity index (χ3v) is 4.90. The SMILES string of the molecule is CC(C)(C)NCCNCCNCCNC(=O)OCC(O)COC(=O)CCC(=O)OCC(CO)OC(=O)C(C)(C)C. The van der Waals surface area contributed by atoms with Crippen molar-refractivity contribution >= 4 is 24.0 Å². The molecule has 14 nitrogen and oxygen atoms in total. The van der Waals surface area contributed by atoms with Crippen molar-refractivity contribution in [2.45, 2.75) is 72.1 Å². The number of aliphatic hydroxyl groups excluding tert-OH is 2. The second-order valence-corrected chi connectivity index (χ2v) is 11.2. The largest absolute Gasteiger partial charge is 0.463 e. The Labute approximate surface area is 237 Å². The fraction of sp³-hybridized carbons (Fsp3) is 0.846. The van der Waals surface area contributed by atoms with Gasteiger partial charge in [0.05, 0.1) is 24.9 Å². The van der Waals surface area contributed by atoms with Gasteiger partial charge in [0.25, 0.3) is 0 Å². The van der Waals surface area contributed by atoms with Crippen LogP contribution in [0.2, 0.25) is 0 Å². The number of ether oxygens (including phenoxy) is 4. The van der Waals surface area contributed by atoms with Gasteiger partial charge in [0.15, 0.2) is 6.10 Å². The Balaban J connectivity index is 3.82. The minimum Gasteiger partial charge on any atom is -0.463 e. The number of hydrogen-bond donors (Lipinski definition) is 6. The van der Waals surface area contributed by atoms with E-state index in [0.29, 0.717) is 13.1 Å². The predicted molar refractivity (Wildman–Crippen MR) is 146 cm³/mol. The quantitative estimate of drug-likeness (QED) is 0.0613. The molecular formula is C26H50N4O10. The minimum atomic E-state index is -1.23. The maximum absolute atomic E-state index is 11.8. The first kappa shape index (κ1) is 37.5. The summed E-state index contributed by atoms with van der Waals surface area (Å²) in [6.45, 7) is 13.7. The van der Waals surface area contributed by atoms with Crippen molar-refractivity contribution in [2.24, 2.45) is 5.41 Å². The van der Waals surface area contributed by atoms with Crippen LogP contribution in [0.25, 0.3) is 0 Å². The molecule has 0 bridgehead atoms. The lowest BCUT2D eigenvalue weighted by atomic mass is 9.97. The van der Waals surface area contributed by atoms with Crippen LogP contribution < -0.4 is 21.3 Å². The van der Waals surface area contributed by atoms with Gasteiger partial charge in [-0.2, -0.15) is 0 Å². The van der Waals surface area contributed by atoms with Gasteiger partial charge in [0, 0.05) is 44.8 Å². The van der Waals surface area contributed by atoms with Gasteiger partial charge in [-0.25, -0.2) is 4.79 Å². The van der Waals surface area contributed by atoms with Gasteiger partial charge < -0.3 is 50.4 Å². The van der Waals surface area contributed by atoms with Gasteiger partial charge >= 0.3 is 24.0 Å². The van der Waals surface area contributed by atoms with Crippen molar-refractivity contribution in [1.29, 1.82) is 0 Å². The van der Waals surface area contributed by atoms with Crippen LogP contribution in [0.5, 0.6) is 0 Å². The van der Waals surface area contributed by atoms with E-state index in [0.717, 1.165) is 26.2 Å². The summed E-state index contributed by atoms with van der Waals surface area (Å²) in [6, 6.07) is 0. The molecule has 234 valence electrons. The second kappa shape index (κ2) is 20.4. The summed E-state index contributed by atoms with van der Waals surface area (Å²) in [5.74, 6) is -2.06. The highest BCUT2D eigenvalue weighted by Crippen LogP contribution is 2.16. The molecule has 0 rings (SSSR count). The molecule has 0 aliphatic heterocycles. The third kappa shape index (κ3) is 22.3. The monoisotopic (exact) mass is 578 g/mol. The lowest BCUT2D eigenvalue weighted by Crippen LogP contribution is -2.41. The van der Waals surface area contributed by atoms with E-state index >= 15 is 0 Å². The molecule has 0 radical (unpaired) electrons. The third-order valence-electron chi connectivity index (χ3n) is 4.90. The molecule has 2 unspecified atom stereocenters. The van der Waals surface area contributed by atoms with Crippen LogP contribution in [0, 0.1) is 5.41 Å². The topological polar surface area (TPSA) is 194 Å². The van der Waals surface area contributed by atoms with E-state index < -0.39 is 54.8 Å². The molecule has 0 saturated heterocycles. The van der Waals surface area contributed by atoms with Crippen LogP contribution in [-0.2, 0) is 33.3 Å². The molecule has 0 aromatic carbocycles. The van der Waals surface area contributed by atoms with Crippen molar-refractivity contribution in [1.82, 2.24) is 21.3 Å². The number of nitrogens with one attached hydrogen (secondary N) is 4. The van der Waals surface area contributed by atoms with E-state index in [4.69, 9.17) is 18.9 Å². The molecule has 0 saturated carbocycles. The number of carbonyl (C=O) groups excluding carboxylic acids is 4. The minimum absolute atomic E-state index is 0.0959. The van der Waals surface area contributed by atoms with Crippen molar-refractivity contribution in [2.75, 3.05) is 65.7 Å². The van der Waals surface area contributed by atoms with Gasteiger partial charge in [-0.05, 0) is 41.5 Å². The smallest absolute Gasteiger partial charge is 0.407 e. The summed E-state index contributed by atoms with van der Waals surface area (Å²) in [6.07, 6.45) is -3.58. The summed E-state index contributed by atoms with van der Waals surface area (Å²) >= 11 is 0. The number of esters is 3. The molecule has 6 N–H and O–H groups in total. The molecule has 2 atom stereocenters. The zero-order chi connectivity index (χ0) is 30.6. The highest BCUT2D eigenvalue weighted by Gasteiger charge is 2.27. The Morgan fingerprint density at radius 2 is 1.23 bits per heavy atom. The molecule has 0 aliphatic carbocycles. The molecule has 14 heteroatoms. The Bertz CT molecular complexity index is 753. The average Bonchev–Trinajstić information content (AvgIpc) is 2.86. The van der Waals surface area contributed by atoms with Gasteiger partial charge in [0.2, 0.25) is 0 Å². The molecule has 0 aliphatic rings. The summed E-state index contributed by atoms with van der Waals surface area (Å²) in [5, 5.41) is 31.5. The van der Waals surface area contributed by atoms with Crippen molar-refractivity contribution in [3.05, 3.63) is 0 Å². The first-order valence-electron chi connectivity index (χ1n) is 13.5. The van der Waals surface area contributed by atoms with Crippen LogP contribution in [-0.4, -0.2) is 118 Å². The maximum atomic E-state index is 11.8. The summed E-state index contributed by atoms with van der Waals surface area (Å²) in [5.41, 5.74) is -0.682. The van der Waals surface area contributed by atoms with Crippen LogP contribution in [0.15, 0.2) is 0 Å². The summed E-state index contributed by atoms with van der Waals surface area (Å²) < 4.78 is 19.7. The van der Waals surface area contributed by atoms with Crippen LogP contribution in [0.1, 0.15) is 54.4 Å². The van der Waals surface area contributed by atoms with Gasteiger partial charge in [0.1, 0.15) is 25.9 Å². The first-order chi connectivity index (χ1) is 18.6. The lowest BCUT2D eigenvalue weighted by Gasteiger charge is -2.21. The molecule has 0 heterocycles. The molecule has 0 aromatic heterocycles. The van der Waals surface area contributed by atoms with E-state index in [1.165, 1.54) is 0 Å². The average molecular weight is 579 g/mol. The highest BCUT2D eigenvalue weighted by atomic mass is 16.6. The van der Waals surface area contributed by atoms with Crippen LogP contribution in [0.3, 0.4) is 0 Å². The van der Waals surface area contributed by atoms with Gasteiger partial charge in [-0.15, -0.1) is 0 Å². The van der Waals surface area contributed by atoms with E-state index in [1.54, 1.807) is 20.8 Å². The molecule has 1 amide bonds. The normalized spacial score (nSPS) is 13.2. The second-order valence-electron chi connectivity index (χ2n) is 11.2. The fourth-order valence-corrected chi connectivity index (χ4v) is 2.65. The molecule has 0 spiro atoms. The van der Waals surface area contributed by atoms with E-state index in [2.05, 4.69) is 42.0 Å². The number of rotatable bonds is 20. The van der Waals surface area contributed by atoms with E-state index in [1.807, 2.05) is 0 Å². The Kier molecular flexibility index (Phi) is 19.1. The highest BCUT2D eigenvalue weighted by molar-refractivity contribution is 5.78. The van der Waals surface area contributed by atoms with E-state index in [9.17, 15) is 29.4 Å². The zero-order valence-electron chi connectivity index (χ0n) is 24.8. The number of aliphatic hydroxyl groups is 2. The predicted octanol–water partition coefficient (Wildman–Crippen LogP) is -0.542. The van der Waals surface area contributed by atoms with Gasteiger partial charge in [-0.1, -0.05) is 0 Å². The van der Waals surface area contributed by atoms with Crippen molar-refractivity contribution in [3.8, 4) is 0 Å². The van der Waals surface area contributed by atoms with Gasteiger partial charge in [-0.3, -0.25) is 14.4 Å². The maximum Gasteiger partial charge on any atom is 0.407 e. The Hall–Kier alpha value is -2.52. The van der Waals surface area contributed by atoms with Crippen molar-refractivity contribution in [3.63, 3.8) is 0 Å². The standard InChI is InChI=1S/C26H50N4O10/c1-25(2,3)23(35)40-20(15-31)18-38-22(34)8-7-21(33)37-16-19(32)17-39-24(36)29-13-11-27-9-10-28-12-14-30-26(4,5)6/h19-20,27-28,30-32H,7-18H2,1-6H3,(H,29,36). The Morgan fingerprint density at radius 3 is 1.75 bits per heavy atom. The fourth-order valence-electron chi connectivity index (χ4n) is 2.65. The molecule has 0 fully saturated rings. The van der Waals surface area contributed by atoms with Crippen LogP contribution >= 0.6 is 0 Å². The van der Waals surface area contributed by atoms with E-state index in [-0.39, 0.29) is 31.6 Å². The number of carbonyl (C=O) groups is 4. The number of alkyl carbamates (subject to hydrolysis) is 1. The number of amides is 1. The molecular weight excluding hydrogens is 528 g/mol. The summed E-state index contributed by atoms with van der Waals surface area (Å²) in [4.78, 5) is 47.2. The van der Waals surface area contributed by atoms with Crippen molar-refractivity contribution < 1.29 is 48.3 Å². The summed E-state index contributed by atoms with van der Waals surface area (Å²) in [7, 11) is 0.